The molecule has 0 aliphatic heterocycles. The van der Waals surface area contributed by atoms with Crippen LogP contribution in [0.3, 0.4) is 0 Å². The fourth-order valence-electron chi connectivity index (χ4n) is 2.62. The molecule has 146 valence electrons. The number of carbonyl (C=O) groups excluding carboxylic acids is 2. The molecular weight excluding hydrogens is 358 g/mol. The second-order valence-corrected chi connectivity index (χ2v) is 6.05. The van der Waals surface area contributed by atoms with Gasteiger partial charge in [0.05, 0.1) is 20.3 Å². The molecule has 2 rings (SSSR count). The van der Waals surface area contributed by atoms with Crippen LogP contribution in [-0.2, 0) is 22.6 Å². The molecule has 2 amide bonds. The lowest BCUT2D eigenvalue weighted by Crippen LogP contribution is -2.23. The summed E-state index contributed by atoms with van der Waals surface area (Å²) in [6.07, 6.45) is 0.724. The summed E-state index contributed by atoms with van der Waals surface area (Å²) in [5.41, 5.74) is 2.43. The van der Waals surface area contributed by atoms with Crippen LogP contribution in [0.5, 0.6) is 11.5 Å². The summed E-state index contributed by atoms with van der Waals surface area (Å²) < 4.78 is 10.5. The van der Waals surface area contributed by atoms with Gasteiger partial charge < -0.3 is 20.1 Å². The Hall–Kier alpha value is -3.53. The zero-order valence-corrected chi connectivity index (χ0v) is 16.0. The van der Waals surface area contributed by atoms with E-state index in [2.05, 4.69) is 10.6 Å². The minimum Gasteiger partial charge on any atom is -0.493 e. The molecule has 0 aliphatic carbocycles. The summed E-state index contributed by atoms with van der Waals surface area (Å²) in [4.78, 5) is 23.6. The maximum Gasteiger partial charge on any atom is 0.238 e. The Morgan fingerprint density at radius 2 is 1.79 bits per heavy atom. The standard InChI is InChI=1S/C21H23N3O4/c1-27-18-8-6-15(13-19(18)28-2)7-9-20(25)23-14-16-4-3-5-17(12-16)24-21(26)10-11-22/h3-6,8,12-13H,7,9-10,14H2,1-2H3,(H,23,25)(H,24,26). The number of nitrogens with one attached hydrogen (secondary N) is 2. The van der Waals surface area contributed by atoms with Crippen molar-refractivity contribution in [2.24, 2.45) is 0 Å². The normalized spacial score (nSPS) is 9.89. The molecule has 0 aliphatic rings. The molecule has 7 heteroatoms. The highest BCUT2D eigenvalue weighted by Crippen LogP contribution is 2.27. The van der Waals surface area contributed by atoms with Gasteiger partial charge in [-0.3, -0.25) is 9.59 Å². The summed E-state index contributed by atoms with van der Waals surface area (Å²) in [6.45, 7) is 0.354. The molecule has 0 saturated heterocycles. The predicted molar refractivity (Wildman–Crippen MR) is 105 cm³/mol. The first kappa shape index (κ1) is 20.8. The zero-order valence-electron chi connectivity index (χ0n) is 16.0. The van der Waals surface area contributed by atoms with Crippen LogP contribution < -0.4 is 20.1 Å². The third kappa shape index (κ3) is 6.32. The van der Waals surface area contributed by atoms with Crippen molar-refractivity contribution >= 4 is 17.5 Å². The van der Waals surface area contributed by atoms with E-state index in [1.165, 1.54) is 0 Å². The maximum absolute atomic E-state index is 12.1. The lowest BCUT2D eigenvalue weighted by atomic mass is 10.1. The Bertz CT molecular complexity index is 874. The first-order chi connectivity index (χ1) is 13.5. The van der Waals surface area contributed by atoms with E-state index in [1.807, 2.05) is 24.3 Å². The van der Waals surface area contributed by atoms with Crippen molar-refractivity contribution in [3.8, 4) is 17.6 Å². The number of rotatable bonds is 9. The van der Waals surface area contributed by atoms with Gasteiger partial charge in [0.25, 0.3) is 0 Å². The molecule has 0 fully saturated rings. The number of nitrogens with zero attached hydrogens (tertiary/aromatic N) is 1. The molecule has 0 radical (unpaired) electrons. The highest BCUT2D eigenvalue weighted by molar-refractivity contribution is 5.92. The molecule has 0 spiro atoms. The van der Waals surface area contributed by atoms with E-state index in [0.29, 0.717) is 36.6 Å². The van der Waals surface area contributed by atoms with E-state index in [9.17, 15) is 9.59 Å². The molecule has 0 unspecified atom stereocenters. The molecular formula is C21H23N3O4. The van der Waals surface area contributed by atoms with Crippen LogP contribution in [0.25, 0.3) is 0 Å². The number of carbonyl (C=O) groups is 2. The third-order valence-corrected chi connectivity index (χ3v) is 4.03. The highest BCUT2D eigenvalue weighted by Gasteiger charge is 2.08. The van der Waals surface area contributed by atoms with Gasteiger partial charge in [-0.15, -0.1) is 0 Å². The second-order valence-electron chi connectivity index (χ2n) is 6.05. The summed E-state index contributed by atoms with van der Waals surface area (Å²) in [5, 5.41) is 14.0. The zero-order chi connectivity index (χ0) is 20.4. The minimum absolute atomic E-state index is 0.0753. The molecule has 0 aromatic heterocycles. The van der Waals surface area contributed by atoms with E-state index >= 15 is 0 Å². The van der Waals surface area contributed by atoms with Gasteiger partial charge in [-0.25, -0.2) is 0 Å². The topological polar surface area (TPSA) is 100 Å². The summed E-state index contributed by atoms with van der Waals surface area (Å²) in [7, 11) is 3.15. The smallest absolute Gasteiger partial charge is 0.238 e. The van der Waals surface area contributed by atoms with Crippen LogP contribution in [-0.4, -0.2) is 26.0 Å². The summed E-state index contributed by atoms with van der Waals surface area (Å²) in [6, 6.07) is 14.5. The van der Waals surface area contributed by atoms with Crippen molar-refractivity contribution in [2.45, 2.75) is 25.8 Å². The van der Waals surface area contributed by atoms with Crippen molar-refractivity contribution in [2.75, 3.05) is 19.5 Å². The third-order valence-electron chi connectivity index (χ3n) is 4.03. The average Bonchev–Trinajstić information content (AvgIpc) is 2.70. The number of amides is 2. The molecule has 0 saturated carbocycles. The van der Waals surface area contributed by atoms with Crippen LogP contribution >= 0.6 is 0 Å². The van der Waals surface area contributed by atoms with E-state index in [0.717, 1.165) is 11.1 Å². The monoisotopic (exact) mass is 381 g/mol. The second kappa shape index (κ2) is 10.6. The Morgan fingerprint density at radius 1 is 1.00 bits per heavy atom. The van der Waals surface area contributed by atoms with E-state index in [-0.39, 0.29) is 18.2 Å². The van der Waals surface area contributed by atoms with Crippen LogP contribution in [0.1, 0.15) is 24.0 Å². The highest BCUT2D eigenvalue weighted by atomic mass is 16.5. The lowest BCUT2D eigenvalue weighted by molar-refractivity contribution is -0.121. The van der Waals surface area contributed by atoms with Gasteiger partial charge in [0, 0.05) is 18.7 Å². The number of benzene rings is 2. The van der Waals surface area contributed by atoms with E-state index in [4.69, 9.17) is 14.7 Å². The van der Waals surface area contributed by atoms with Gasteiger partial charge in [-0.05, 0) is 41.8 Å². The van der Waals surface area contributed by atoms with E-state index in [1.54, 1.807) is 38.5 Å². The van der Waals surface area contributed by atoms with Crippen LogP contribution in [0.2, 0.25) is 0 Å². The maximum atomic E-state index is 12.1. The molecule has 2 N–H and O–H groups in total. The van der Waals surface area contributed by atoms with Gasteiger partial charge >= 0.3 is 0 Å². The van der Waals surface area contributed by atoms with Crippen molar-refractivity contribution in [3.63, 3.8) is 0 Å². The predicted octanol–water partition coefficient (Wildman–Crippen LogP) is 2.80. The molecule has 0 heterocycles. The van der Waals surface area contributed by atoms with E-state index < -0.39 is 0 Å². The Labute approximate surface area is 164 Å². The quantitative estimate of drug-likeness (QED) is 0.696. The van der Waals surface area contributed by atoms with Crippen molar-refractivity contribution in [1.82, 2.24) is 5.32 Å². The first-order valence-electron chi connectivity index (χ1n) is 8.79. The number of ether oxygens (including phenoxy) is 2. The first-order valence-corrected chi connectivity index (χ1v) is 8.79. The SMILES string of the molecule is COc1ccc(CCC(=O)NCc2cccc(NC(=O)CC#N)c2)cc1OC. The molecule has 2 aromatic carbocycles. The largest absolute Gasteiger partial charge is 0.493 e. The number of aryl methyl sites for hydroxylation is 1. The van der Waals surface area contributed by atoms with Gasteiger partial charge in [0.2, 0.25) is 11.8 Å². The van der Waals surface area contributed by atoms with Crippen molar-refractivity contribution in [3.05, 3.63) is 53.6 Å². The Balaban J connectivity index is 1.84. The van der Waals surface area contributed by atoms with Crippen molar-refractivity contribution < 1.29 is 19.1 Å². The lowest BCUT2D eigenvalue weighted by Gasteiger charge is -2.10. The number of nitriles is 1. The Morgan fingerprint density at radius 3 is 2.50 bits per heavy atom. The molecule has 0 atom stereocenters. The fourth-order valence-corrected chi connectivity index (χ4v) is 2.62. The van der Waals surface area contributed by atoms with Gasteiger partial charge in [-0.1, -0.05) is 18.2 Å². The number of methoxy groups -OCH3 is 2. The molecule has 2 aromatic rings. The van der Waals surface area contributed by atoms with Crippen LogP contribution in [0, 0.1) is 11.3 Å². The van der Waals surface area contributed by atoms with Crippen molar-refractivity contribution in [1.29, 1.82) is 5.26 Å². The van der Waals surface area contributed by atoms with Crippen LogP contribution in [0.15, 0.2) is 42.5 Å². The summed E-state index contributed by atoms with van der Waals surface area (Å²) >= 11 is 0. The molecule has 7 nitrogen and oxygen atoms in total. The van der Waals surface area contributed by atoms with Gasteiger partial charge in [-0.2, -0.15) is 5.26 Å². The van der Waals surface area contributed by atoms with Gasteiger partial charge in [0.15, 0.2) is 11.5 Å². The number of hydrogen-bond acceptors (Lipinski definition) is 5. The molecule has 0 bridgehead atoms. The van der Waals surface area contributed by atoms with Crippen LogP contribution in [0.4, 0.5) is 5.69 Å². The average molecular weight is 381 g/mol. The molecule has 28 heavy (non-hydrogen) atoms. The minimum atomic E-state index is -0.362. The summed E-state index contributed by atoms with van der Waals surface area (Å²) in [5.74, 6) is 0.848. The van der Waals surface area contributed by atoms with Gasteiger partial charge in [0.1, 0.15) is 6.42 Å². The Kier molecular flexibility index (Phi) is 7.85. The number of anilines is 1. The fraction of sp³-hybridized carbons (Fsp3) is 0.286. The number of hydrogen-bond donors (Lipinski definition) is 2.